The Bertz CT molecular complexity index is 431. The van der Waals surface area contributed by atoms with Crippen LogP contribution < -0.4 is 14.8 Å². The van der Waals surface area contributed by atoms with E-state index in [0.717, 1.165) is 31.5 Å². The Morgan fingerprint density at radius 3 is 2.72 bits per heavy atom. The maximum Gasteiger partial charge on any atom is 0.168 e. The number of hydrogen-bond donors (Lipinski definition) is 2. The summed E-state index contributed by atoms with van der Waals surface area (Å²) in [6, 6.07) is 1.58. The van der Waals surface area contributed by atoms with E-state index in [9.17, 15) is 5.11 Å². The van der Waals surface area contributed by atoms with Crippen LogP contribution in [0.15, 0.2) is 6.07 Å². The molecule has 1 aliphatic heterocycles. The third kappa shape index (κ3) is 2.35. The Labute approximate surface area is 112 Å². The van der Waals surface area contributed by atoms with Crippen molar-refractivity contribution in [2.24, 2.45) is 0 Å². The average molecular weight is 272 g/mol. The van der Waals surface area contributed by atoms with E-state index < -0.39 is 0 Å². The predicted molar refractivity (Wildman–Crippen MR) is 71.1 cm³/mol. The van der Waals surface area contributed by atoms with Gasteiger partial charge in [0.15, 0.2) is 11.5 Å². The fourth-order valence-electron chi connectivity index (χ4n) is 2.46. The fourth-order valence-corrected chi connectivity index (χ4v) is 2.66. The van der Waals surface area contributed by atoms with E-state index in [2.05, 4.69) is 5.32 Å². The molecule has 100 valence electrons. The number of ether oxygens (including phenoxy) is 2. The summed E-state index contributed by atoms with van der Waals surface area (Å²) in [5.74, 6) is 1.43. The molecule has 1 fully saturated rings. The summed E-state index contributed by atoms with van der Waals surface area (Å²) < 4.78 is 10.6. The van der Waals surface area contributed by atoms with Crippen LogP contribution in [0, 0.1) is 0 Å². The molecule has 1 aliphatic rings. The molecule has 1 heterocycles. The highest BCUT2D eigenvalue weighted by Crippen LogP contribution is 2.47. The van der Waals surface area contributed by atoms with Gasteiger partial charge in [-0.15, -0.1) is 0 Å². The number of aromatic hydroxyl groups is 1. The van der Waals surface area contributed by atoms with E-state index in [1.54, 1.807) is 20.3 Å². The third-order valence-corrected chi connectivity index (χ3v) is 3.62. The van der Waals surface area contributed by atoms with E-state index in [-0.39, 0.29) is 11.7 Å². The van der Waals surface area contributed by atoms with Crippen molar-refractivity contribution in [2.45, 2.75) is 18.8 Å². The highest BCUT2D eigenvalue weighted by atomic mass is 35.5. The molecule has 0 spiro atoms. The molecule has 1 unspecified atom stereocenters. The summed E-state index contributed by atoms with van der Waals surface area (Å²) in [6.45, 7) is 1.82. The van der Waals surface area contributed by atoms with Gasteiger partial charge < -0.3 is 19.9 Å². The molecule has 4 nitrogen and oxygen atoms in total. The predicted octanol–water partition coefficient (Wildman–Crippen LogP) is 2.53. The first kappa shape index (κ1) is 13.3. The number of nitrogens with one attached hydrogen (secondary N) is 1. The number of phenolic OH excluding ortho intramolecular Hbond substituents is 1. The monoisotopic (exact) mass is 271 g/mol. The van der Waals surface area contributed by atoms with Gasteiger partial charge in [0.1, 0.15) is 5.75 Å². The first-order valence-corrected chi connectivity index (χ1v) is 6.40. The molecule has 0 saturated carbocycles. The first-order chi connectivity index (χ1) is 8.69. The number of benzene rings is 1. The van der Waals surface area contributed by atoms with Crippen molar-refractivity contribution < 1.29 is 14.6 Å². The molecule has 1 saturated heterocycles. The van der Waals surface area contributed by atoms with Crippen LogP contribution in [0.3, 0.4) is 0 Å². The molecule has 0 aromatic heterocycles. The van der Waals surface area contributed by atoms with Gasteiger partial charge >= 0.3 is 0 Å². The quantitative estimate of drug-likeness (QED) is 0.887. The Balaban J connectivity index is 2.51. The zero-order valence-corrected chi connectivity index (χ0v) is 11.4. The third-order valence-electron chi connectivity index (χ3n) is 3.34. The molecule has 1 aromatic rings. The van der Waals surface area contributed by atoms with E-state index in [0.29, 0.717) is 16.5 Å². The molecule has 1 aromatic carbocycles. The van der Waals surface area contributed by atoms with Crippen LogP contribution in [-0.4, -0.2) is 32.4 Å². The van der Waals surface area contributed by atoms with Gasteiger partial charge in [-0.1, -0.05) is 11.6 Å². The number of phenols is 1. The van der Waals surface area contributed by atoms with E-state index in [1.807, 2.05) is 0 Å². The van der Waals surface area contributed by atoms with Gasteiger partial charge in [-0.05, 0) is 19.4 Å². The molecule has 18 heavy (non-hydrogen) atoms. The number of hydrogen-bond acceptors (Lipinski definition) is 4. The van der Waals surface area contributed by atoms with Crippen LogP contribution in [0.2, 0.25) is 5.02 Å². The van der Waals surface area contributed by atoms with E-state index in [4.69, 9.17) is 21.1 Å². The van der Waals surface area contributed by atoms with Crippen molar-refractivity contribution in [3.8, 4) is 17.2 Å². The summed E-state index contributed by atoms with van der Waals surface area (Å²) >= 11 is 6.04. The van der Waals surface area contributed by atoms with Crippen LogP contribution in [0.25, 0.3) is 0 Å². The zero-order chi connectivity index (χ0) is 13.1. The van der Waals surface area contributed by atoms with Crippen molar-refractivity contribution in [2.75, 3.05) is 27.3 Å². The summed E-state index contributed by atoms with van der Waals surface area (Å²) in [4.78, 5) is 0. The standard InChI is InChI=1S/C13H18ClNO3/c1-17-10-6-9(14)12(16)11(13(10)18-2)8-4-3-5-15-7-8/h6,8,15-16H,3-5,7H2,1-2H3. The second-order valence-corrected chi connectivity index (χ2v) is 4.81. The summed E-state index contributed by atoms with van der Waals surface area (Å²) in [5.41, 5.74) is 0.744. The van der Waals surface area contributed by atoms with Crippen molar-refractivity contribution in [1.82, 2.24) is 5.32 Å². The highest BCUT2D eigenvalue weighted by molar-refractivity contribution is 6.32. The van der Waals surface area contributed by atoms with Crippen molar-refractivity contribution in [3.05, 3.63) is 16.7 Å². The van der Waals surface area contributed by atoms with Crippen molar-refractivity contribution >= 4 is 11.6 Å². The smallest absolute Gasteiger partial charge is 0.168 e. The number of piperidine rings is 1. The molecule has 1 atom stereocenters. The van der Waals surface area contributed by atoms with Crippen LogP contribution in [0.1, 0.15) is 24.3 Å². The second kappa shape index (κ2) is 5.67. The highest BCUT2D eigenvalue weighted by Gasteiger charge is 2.26. The lowest BCUT2D eigenvalue weighted by Crippen LogP contribution is -2.28. The maximum absolute atomic E-state index is 10.2. The second-order valence-electron chi connectivity index (χ2n) is 4.40. The normalized spacial score (nSPS) is 19.6. The number of halogens is 1. The molecule has 2 rings (SSSR count). The lowest BCUT2D eigenvalue weighted by Gasteiger charge is -2.26. The van der Waals surface area contributed by atoms with Crippen LogP contribution >= 0.6 is 11.6 Å². The van der Waals surface area contributed by atoms with Gasteiger partial charge in [0.2, 0.25) is 0 Å². The first-order valence-electron chi connectivity index (χ1n) is 6.03. The fraction of sp³-hybridized carbons (Fsp3) is 0.538. The summed E-state index contributed by atoms with van der Waals surface area (Å²) in [7, 11) is 3.14. The lowest BCUT2D eigenvalue weighted by molar-refractivity contribution is 0.337. The number of rotatable bonds is 3. The summed E-state index contributed by atoms with van der Waals surface area (Å²) in [6.07, 6.45) is 2.07. The molecule has 0 bridgehead atoms. The van der Waals surface area contributed by atoms with Gasteiger partial charge in [0, 0.05) is 24.1 Å². The van der Waals surface area contributed by atoms with Gasteiger partial charge in [0.05, 0.1) is 19.2 Å². The van der Waals surface area contributed by atoms with Gasteiger partial charge in [0.25, 0.3) is 0 Å². The van der Waals surface area contributed by atoms with Crippen LogP contribution in [0.4, 0.5) is 0 Å². The minimum Gasteiger partial charge on any atom is -0.506 e. The molecule has 2 N–H and O–H groups in total. The largest absolute Gasteiger partial charge is 0.506 e. The lowest BCUT2D eigenvalue weighted by atomic mass is 9.90. The Morgan fingerprint density at radius 2 is 2.17 bits per heavy atom. The van der Waals surface area contributed by atoms with Crippen molar-refractivity contribution in [1.29, 1.82) is 0 Å². The van der Waals surface area contributed by atoms with Crippen LogP contribution in [-0.2, 0) is 0 Å². The van der Waals surface area contributed by atoms with Crippen molar-refractivity contribution in [3.63, 3.8) is 0 Å². The molecule has 0 amide bonds. The molecule has 0 aliphatic carbocycles. The average Bonchev–Trinajstić information content (AvgIpc) is 2.42. The van der Waals surface area contributed by atoms with E-state index >= 15 is 0 Å². The van der Waals surface area contributed by atoms with E-state index in [1.165, 1.54) is 0 Å². The summed E-state index contributed by atoms with van der Waals surface area (Å²) in [5, 5.41) is 13.8. The molecular weight excluding hydrogens is 254 g/mol. The van der Waals surface area contributed by atoms with Gasteiger partial charge in [-0.25, -0.2) is 0 Å². The zero-order valence-electron chi connectivity index (χ0n) is 10.6. The minimum absolute atomic E-state index is 0.100. The molecule has 5 heteroatoms. The minimum atomic E-state index is 0.100. The molecule has 0 radical (unpaired) electrons. The molecular formula is C13H18ClNO3. The number of methoxy groups -OCH3 is 2. The Kier molecular flexibility index (Phi) is 4.19. The van der Waals surface area contributed by atoms with Gasteiger partial charge in [-0.2, -0.15) is 0 Å². The SMILES string of the molecule is COc1cc(Cl)c(O)c(C2CCCNC2)c1OC. The topological polar surface area (TPSA) is 50.7 Å². The van der Waals surface area contributed by atoms with Crippen LogP contribution in [0.5, 0.6) is 17.2 Å². The van der Waals surface area contributed by atoms with Gasteiger partial charge in [-0.3, -0.25) is 0 Å². The Morgan fingerprint density at radius 1 is 1.39 bits per heavy atom. The Hall–Kier alpha value is -1.13. The maximum atomic E-state index is 10.2.